The van der Waals surface area contributed by atoms with Crippen LogP contribution >= 0.6 is 11.3 Å². The first kappa shape index (κ1) is 13.1. The van der Waals surface area contributed by atoms with Gasteiger partial charge in [0.05, 0.1) is 12.0 Å². The Labute approximate surface area is 117 Å². The molecule has 0 aliphatic carbocycles. The molecule has 1 atom stereocenters. The van der Waals surface area contributed by atoms with Gasteiger partial charge >= 0.3 is 0 Å². The molecule has 5 heteroatoms. The van der Waals surface area contributed by atoms with E-state index in [-0.39, 0.29) is 11.3 Å². The lowest BCUT2D eigenvalue weighted by Crippen LogP contribution is -2.49. The predicted molar refractivity (Wildman–Crippen MR) is 75.2 cm³/mol. The summed E-state index contributed by atoms with van der Waals surface area (Å²) in [7, 11) is 1.68. The average molecular weight is 280 g/mol. The van der Waals surface area contributed by atoms with E-state index < -0.39 is 0 Å². The van der Waals surface area contributed by atoms with Crippen molar-refractivity contribution in [1.82, 2.24) is 10.2 Å². The Morgan fingerprint density at radius 2 is 2.53 bits per heavy atom. The van der Waals surface area contributed by atoms with Crippen LogP contribution in [0.25, 0.3) is 0 Å². The Balaban J connectivity index is 1.77. The van der Waals surface area contributed by atoms with Crippen LogP contribution in [0.4, 0.5) is 0 Å². The second-order valence-corrected chi connectivity index (χ2v) is 6.49. The zero-order chi connectivity index (χ0) is 13.3. The summed E-state index contributed by atoms with van der Waals surface area (Å²) in [6.45, 7) is 3.78. The van der Waals surface area contributed by atoms with Crippen molar-refractivity contribution in [2.75, 3.05) is 33.4 Å². The Morgan fingerprint density at radius 3 is 3.26 bits per heavy atom. The summed E-state index contributed by atoms with van der Waals surface area (Å²) in [5.41, 5.74) is 0.977. The van der Waals surface area contributed by atoms with E-state index in [2.05, 4.69) is 16.8 Å². The fourth-order valence-electron chi connectivity index (χ4n) is 3.14. The molecule has 3 heterocycles. The van der Waals surface area contributed by atoms with Crippen molar-refractivity contribution in [3.05, 3.63) is 21.9 Å². The van der Waals surface area contributed by atoms with Crippen LogP contribution in [0, 0.1) is 5.41 Å². The minimum absolute atomic E-state index is 0.260. The Bertz CT molecular complexity index is 466. The average Bonchev–Trinajstić information content (AvgIpc) is 3.06. The van der Waals surface area contributed by atoms with E-state index in [9.17, 15) is 4.79 Å². The maximum atomic E-state index is 12.9. The number of methoxy groups -OCH3 is 1. The fraction of sp³-hybridized carbons (Fsp3) is 0.643. The van der Waals surface area contributed by atoms with Crippen molar-refractivity contribution in [2.24, 2.45) is 5.41 Å². The number of nitrogens with one attached hydrogen (secondary N) is 1. The molecule has 0 saturated carbocycles. The maximum Gasteiger partial charge on any atom is 0.232 e. The van der Waals surface area contributed by atoms with E-state index in [0.717, 1.165) is 39.0 Å². The van der Waals surface area contributed by atoms with Gasteiger partial charge in [0, 0.05) is 31.6 Å². The van der Waals surface area contributed by atoms with Crippen molar-refractivity contribution in [1.29, 1.82) is 0 Å². The van der Waals surface area contributed by atoms with Crippen LogP contribution < -0.4 is 5.32 Å². The number of rotatable bonds is 3. The molecule has 19 heavy (non-hydrogen) atoms. The van der Waals surface area contributed by atoms with Gasteiger partial charge in [0.15, 0.2) is 0 Å². The van der Waals surface area contributed by atoms with Crippen LogP contribution in [-0.4, -0.2) is 44.2 Å². The van der Waals surface area contributed by atoms with Crippen LogP contribution in [0.3, 0.4) is 0 Å². The SMILES string of the molecule is COCC1(C(=O)N2CCc3sccc3C2)CCNC1. The predicted octanol–water partition coefficient (Wildman–Crippen LogP) is 1.26. The first-order chi connectivity index (χ1) is 9.25. The Morgan fingerprint density at radius 1 is 1.63 bits per heavy atom. The van der Waals surface area contributed by atoms with Crippen molar-refractivity contribution in [3.63, 3.8) is 0 Å². The summed E-state index contributed by atoms with van der Waals surface area (Å²) in [5, 5.41) is 5.43. The monoisotopic (exact) mass is 280 g/mol. The van der Waals surface area contributed by atoms with Crippen molar-refractivity contribution in [2.45, 2.75) is 19.4 Å². The van der Waals surface area contributed by atoms with Gasteiger partial charge in [-0.05, 0) is 36.4 Å². The summed E-state index contributed by atoms with van der Waals surface area (Å²) < 4.78 is 5.31. The summed E-state index contributed by atoms with van der Waals surface area (Å²) in [6, 6.07) is 2.15. The smallest absolute Gasteiger partial charge is 0.232 e. The highest BCUT2D eigenvalue weighted by Gasteiger charge is 2.44. The molecular weight excluding hydrogens is 260 g/mol. The highest BCUT2D eigenvalue weighted by atomic mass is 32.1. The molecule has 3 rings (SSSR count). The van der Waals surface area contributed by atoms with E-state index in [0.29, 0.717) is 6.61 Å². The molecule has 1 N–H and O–H groups in total. The molecule has 4 nitrogen and oxygen atoms in total. The molecule has 0 radical (unpaired) electrons. The largest absolute Gasteiger partial charge is 0.384 e. The van der Waals surface area contributed by atoms with Gasteiger partial charge in [-0.2, -0.15) is 0 Å². The van der Waals surface area contributed by atoms with Crippen LogP contribution in [0.1, 0.15) is 16.9 Å². The molecule has 104 valence electrons. The second-order valence-electron chi connectivity index (χ2n) is 5.49. The topological polar surface area (TPSA) is 41.6 Å². The molecule has 0 aromatic carbocycles. The van der Waals surface area contributed by atoms with Gasteiger partial charge in [-0.1, -0.05) is 0 Å². The van der Waals surface area contributed by atoms with E-state index in [1.807, 2.05) is 4.90 Å². The number of amides is 1. The maximum absolute atomic E-state index is 12.9. The van der Waals surface area contributed by atoms with E-state index in [1.165, 1.54) is 10.4 Å². The second kappa shape index (κ2) is 5.23. The summed E-state index contributed by atoms with van der Waals surface area (Å²) in [5.74, 6) is 0.260. The number of carbonyl (C=O) groups excluding carboxylic acids is 1. The first-order valence-corrected chi connectivity index (χ1v) is 7.67. The number of hydrogen-bond donors (Lipinski definition) is 1. The number of ether oxygens (including phenoxy) is 1. The molecular formula is C14H20N2O2S. The first-order valence-electron chi connectivity index (χ1n) is 6.79. The minimum atomic E-state index is -0.345. The molecule has 2 aliphatic heterocycles. The molecule has 1 amide bonds. The van der Waals surface area contributed by atoms with Crippen LogP contribution in [0.5, 0.6) is 0 Å². The Kier molecular flexibility index (Phi) is 3.60. The Hall–Kier alpha value is -0.910. The molecule has 0 spiro atoms. The summed E-state index contributed by atoms with van der Waals surface area (Å²) >= 11 is 1.81. The third-order valence-corrected chi connectivity index (χ3v) is 5.24. The number of fused-ring (bicyclic) bond motifs is 1. The summed E-state index contributed by atoms with van der Waals surface area (Å²) in [6.07, 6.45) is 1.88. The third kappa shape index (κ3) is 2.30. The van der Waals surface area contributed by atoms with Gasteiger partial charge in [0.25, 0.3) is 0 Å². The normalized spacial score (nSPS) is 26.5. The molecule has 1 aromatic heterocycles. The molecule has 1 saturated heterocycles. The minimum Gasteiger partial charge on any atom is -0.384 e. The molecule has 0 bridgehead atoms. The van der Waals surface area contributed by atoms with Crippen molar-refractivity contribution in [3.8, 4) is 0 Å². The number of carbonyl (C=O) groups is 1. The molecule has 1 fully saturated rings. The summed E-state index contributed by atoms with van der Waals surface area (Å²) in [4.78, 5) is 16.3. The van der Waals surface area contributed by atoms with Crippen LogP contribution in [0.2, 0.25) is 0 Å². The number of nitrogens with zero attached hydrogens (tertiary/aromatic N) is 1. The third-order valence-electron chi connectivity index (χ3n) is 4.21. The van der Waals surface area contributed by atoms with Gasteiger partial charge < -0.3 is 15.0 Å². The van der Waals surface area contributed by atoms with Crippen molar-refractivity contribution < 1.29 is 9.53 Å². The zero-order valence-electron chi connectivity index (χ0n) is 11.3. The number of thiophene rings is 1. The quantitative estimate of drug-likeness (QED) is 0.906. The van der Waals surface area contributed by atoms with Gasteiger partial charge in [-0.3, -0.25) is 4.79 Å². The van der Waals surface area contributed by atoms with Gasteiger partial charge in [-0.25, -0.2) is 0 Å². The lowest BCUT2D eigenvalue weighted by atomic mass is 9.85. The van der Waals surface area contributed by atoms with E-state index >= 15 is 0 Å². The van der Waals surface area contributed by atoms with Crippen molar-refractivity contribution >= 4 is 17.2 Å². The number of hydrogen-bond acceptors (Lipinski definition) is 4. The van der Waals surface area contributed by atoms with Crippen LogP contribution in [-0.2, 0) is 22.5 Å². The molecule has 1 unspecified atom stereocenters. The van der Waals surface area contributed by atoms with Gasteiger partial charge in [0.2, 0.25) is 5.91 Å². The lowest BCUT2D eigenvalue weighted by Gasteiger charge is -2.35. The van der Waals surface area contributed by atoms with Gasteiger partial charge in [0.1, 0.15) is 0 Å². The standard InChI is InChI=1S/C14H20N2O2S/c1-18-10-14(4-5-15-9-14)13(17)16-6-2-12-11(8-16)3-7-19-12/h3,7,15H,2,4-6,8-10H2,1H3. The van der Waals surface area contributed by atoms with E-state index in [1.54, 1.807) is 18.4 Å². The van der Waals surface area contributed by atoms with Crippen LogP contribution in [0.15, 0.2) is 11.4 Å². The van der Waals surface area contributed by atoms with Gasteiger partial charge in [-0.15, -0.1) is 11.3 Å². The molecule has 2 aliphatic rings. The zero-order valence-corrected chi connectivity index (χ0v) is 12.1. The lowest BCUT2D eigenvalue weighted by molar-refractivity contribution is -0.145. The highest BCUT2D eigenvalue weighted by molar-refractivity contribution is 7.10. The molecule has 1 aromatic rings. The fourth-order valence-corrected chi connectivity index (χ4v) is 4.03. The van der Waals surface area contributed by atoms with E-state index in [4.69, 9.17) is 4.74 Å². The highest BCUT2D eigenvalue weighted by Crippen LogP contribution is 2.32.